The van der Waals surface area contributed by atoms with Gasteiger partial charge >= 0.3 is 0 Å². The molecule has 1 aromatic carbocycles. The van der Waals surface area contributed by atoms with Crippen LogP contribution in [0.2, 0.25) is 0 Å². The van der Waals surface area contributed by atoms with E-state index in [-0.39, 0.29) is 16.1 Å². The Morgan fingerprint density at radius 2 is 2.05 bits per heavy atom. The van der Waals surface area contributed by atoms with Crippen molar-refractivity contribution >= 4 is 21.6 Å². The van der Waals surface area contributed by atoms with E-state index in [9.17, 15) is 17.6 Å². The van der Waals surface area contributed by atoms with E-state index in [1.807, 2.05) is 0 Å². The molecule has 0 atom stereocenters. The van der Waals surface area contributed by atoms with Crippen LogP contribution in [-0.2, 0) is 10.0 Å². The van der Waals surface area contributed by atoms with Crippen molar-refractivity contribution in [2.45, 2.75) is 11.8 Å². The summed E-state index contributed by atoms with van der Waals surface area (Å²) >= 11 is 0. The summed E-state index contributed by atoms with van der Waals surface area (Å²) in [4.78, 5) is 15.4. The Balaban J connectivity index is 2.33. The molecule has 0 radical (unpaired) electrons. The molecule has 0 bridgehead atoms. The molecule has 21 heavy (non-hydrogen) atoms. The van der Waals surface area contributed by atoms with Crippen molar-refractivity contribution in [3.63, 3.8) is 0 Å². The number of primary sulfonamides is 1. The number of halogens is 1. The number of nitrogens with one attached hydrogen (secondary N) is 1. The number of benzene rings is 1. The van der Waals surface area contributed by atoms with Crippen molar-refractivity contribution in [2.24, 2.45) is 5.14 Å². The monoisotopic (exact) mass is 309 g/mol. The number of anilines is 1. The minimum absolute atomic E-state index is 0.101. The van der Waals surface area contributed by atoms with Crippen LogP contribution >= 0.6 is 0 Å². The lowest BCUT2D eigenvalue weighted by molar-refractivity contribution is 0.102. The third-order valence-corrected chi connectivity index (χ3v) is 3.82. The number of nitrogens with zero attached hydrogens (tertiary/aromatic N) is 1. The van der Waals surface area contributed by atoms with Crippen molar-refractivity contribution in [2.75, 3.05) is 5.32 Å². The molecule has 2 rings (SSSR count). The lowest BCUT2D eigenvalue weighted by Crippen LogP contribution is -2.16. The summed E-state index contributed by atoms with van der Waals surface area (Å²) in [5.74, 6) is -1.48. The van der Waals surface area contributed by atoms with Gasteiger partial charge in [-0.15, -0.1) is 0 Å². The number of hydrogen-bond donors (Lipinski definition) is 2. The predicted molar refractivity (Wildman–Crippen MR) is 74.7 cm³/mol. The minimum atomic E-state index is -3.90. The third-order valence-electron chi connectivity index (χ3n) is 2.77. The summed E-state index contributed by atoms with van der Waals surface area (Å²) < 4.78 is 36.3. The quantitative estimate of drug-likeness (QED) is 0.895. The van der Waals surface area contributed by atoms with Crippen LogP contribution in [0, 0.1) is 12.7 Å². The summed E-state index contributed by atoms with van der Waals surface area (Å²) in [6.07, 6.45) is 2.20. The van der Waals surface area contributed by atoms with E-state index < -0.39 is 21.7 Å². The zero-order chi connectivity index (χ0) is 15.6. The number of rotatable bonds is 3. The van der Waals surface area contributed by atoms with E-state index in [1.165, 1.54) is 30.5 Å². The second-order valence-electron chi connectivity index (χ2n) is 4.33. The first-order chi connectivity index (χ1) is 9.79. The van der Waals surface area contributed by atoms with E-state index >= 15 is 0 Å². The molecule has 0 aliphatic heterocycles. The van der Waals surface area contributed by atoms with Gasteiger partial charge < -0.3 is 5.32 Å². The van der Waals surface area contributed by atoms with Gasteiger partial charge in [0.25, 0.3) is 5.91 Å². The van der Waals surface area contributed by atoms with Gasteiger partial charge in [-0.05, 0) is 30.7 Å². The molecule has 0 fully saturated rings. The average Bonchev–Trinajstić information content (AvgIpc) is 2.40. The maximum absolute atomic E-state index is 13.4. The number of nitrogens with two attached hydrogens (primary N) is 1. The SMILES string of the molecule is Cc1ccc(NC(=O)c2ccncc2F)cc1S(N)(=O)=O. The largest absolute Gasteiger partial charge is 0.322 e. The standard InChI is InChI=1S/C13H12FN3O3S/c1-8-2-3-9(6-12(8)21(15,19)20)17-13(18)10-4-5-16-7-11(10)14/h2-7H,1H3,(H,17,18)(H2,15,19,20). The Morgan fingerprint density at radius 1 is 1.33 bits per heavy atom. The van der Waals surface area contributed by atoms with Gasteiger partial charge in [-0.1, -0.05) is 6.07 Å². The van der Waals surface area contributed by atoms with Gasteiger partial charge in [-0.25, -0.2) is 17.9 Å². The lowest BCUT2D eigenvalue weighted by atomic mass is 10.2. The first kappa shape index (κ1) is 15.1. The molecule has 0 saturated carbocycles. The van der Waals surface area contributed by atoms with Crippen LogP contribution in [0.15, 0.2) is 41.6 Å². The molecule has 2 aromatic rings. The molecule has 0 spiro atoms. The number of amides is 1. The fourth-order valence-electron chi connectivity index (χ4n) is 1.74. The summed E-state index contributed by atoms with van der Waals surface area (Å²) in [6, 6.07) is 5.44. The van der Waals surface area contributed by atoms with Gasteiger partial charge in [0.2, 0.25) is 10.0 Å². The Bertz CT molecular complexity index is 806. The molecular weight excluding hydrogens is 297 g/mol. The Hall–Kier alpha value is -2.32. The molecular formula is C13H12FN3O3S. The maximum atomic E-state index is 13.4. The first-order valence-corrected chi connectivity index (χ1v) is 7.38. The van der Waals surface area contributed by atoms with Crippen molar-refractivity contribution in [1.29, 1.82) is 0 Å². The highest BCUT2D eigenvalue weighted by Crippen LogP contribution is 2.19. The number of aryl methyl sites for hydroxylation is 1. The van der Waals surface area contributed by atoms with Crippen molar-refractivity contribution in [3.8, 4) is 0 Å². The Kier molecular flexibility index (Phi) is 4.01. The number of carbonyl (C=O) groups excluding carboxylic acids is 1. The summed E-state index contributed by atoms with van der Waals surface area (Å²) in [7, 11) is -3.90. The van der Waals surface area contributed by atoms with E-state index in [4.69, 9.17) is 5.14 Å². The number of hydrogen-bond acceptors (Lipinski definition) is 4. The van der Waals surface area contributed by atoms with E-state index in [0.717, 1.165) is 6.20 Å². The van der Waals surface area contributed by atoms with Crippen LogP contribution in [-0.4, -0.2) is 19.3 Å². The molecule has 0 aliphatic carbocycles. The molecule has 0 unspecified atom stereocenters. The topological polar surface area (TPSA) is 102 Å². The predicted octanol–water partition coefficient (Wildman–Crippen LogP) is 1.43. The van der Waals surface area contributed by atoms with Crippen LogP contribution < -0.4 is 10.5 Å². The first-order valence-electron chi connectivity index (χ1n) is 5.83. The fraction of sp³-hybridized carbons (Fsp3) is 0.0769. The van der Waals surface area contributed by atoms with Crippen LogP contribution in [0.25, 0.3) is 0 Å². The van der Waals surface area contributed by atoms with Gasteiger partial charge in [0.1, 0.15) is 0 Å². The highest BCUT2D eigenvalue weighted by Gasteiger charge is 2.15. The van der Waals surface area contributed by atoms with Gasteiger partial charge in [0, 0.05) is 11.9 Å². The summed E-state index contributed by atoms with van der Waals surface area (Å²) in [5, 5.41) is 7.50. The van der Waals surface area contributed by atoms with Crippen LogP contribution in [0.4, 0.5) is 10.1 Å². The molecule has 1 aromatic heterocycles. The van der Waals surface area contributed by atoms with Crippen LogP contribution in [0.1, 0.15) is 15.9 Å². The highest BCUT2D eigenvalue weighted by molar-refractivity contribution is 7.89. The Labute approximate surface area is 120 Å². The average molecular weight is 309 g/mol. The molecule has 0 aliphatic rings. The van der Waals surface area contributed by atoms with Crippen LogP contribution in [0.5, 0.6) is 0 Å². The second-order valence-corrected chi connectivity index (χ2v) is 5.86. The molecule has 1 heterocycles. The van der Waals surface area contributed by atoms with Gasteiger partial charge in [0.15, 0.2) is 5.82 Å². The number of carbonyl (C=O) groups is 1. The molecule has 3 N–H and O–H groups in total. The van der Waals surface area contributed by atoms with Gasteiger partial charge in [-0.3, -0.25) is 9.78 Å². The minimum Gasteiger partial charge on any atom is -0.322 e. The molecule has 110 valence electrons. The van der Waals surface area contributed by atoms with E-state index in [0.29, 0.717) is 5.56 Å². The zero-order valence-corrected chi connectivity index (χ0v) is 11.8. The van der Waals surface area contributed by atoms with Crippen molar-refractivity contribution in [3.05, 3.63) is 53.6 Å². The fourth-order valence-corrected chi connectivity index (χ4v) is 2.55. The summed E-state index contributed by atoms with van der Waals surface area (Å²) in [6.45, 7) is 1.58. The molecule has 1 amide bonds. The normalized spacial score (nSPS) is 11.2. The molecule has 6 nitrogen and oxygen atoms in total. The van der Waals surface area contributed by atoms with Crippen molar-refractivity contribution < 1.29 is 17.6 Å². The second kappa shape index (κ2) is 5.58. The maximum Gasteiger partial charge on any atom is 0.258 e. The number of sulfonamides is 1. The van der Waals surface area contributed by atoms with E-state index in [2.05, 4.69) is 10.3 Å². The van der Waals surface area contributed by atoms with E-state index in [1.54, 1.807) is 6.92 Å². The Morgan fingerprint density at radius 3 is 2.67 bits per heavy atom. The number of pyridine rings is 1. The third kappa shape index (κ3) is 3.41. The highest BCUT2D eigenvalue weighted by atomic mass is 32.2. The molecule has 0 saturated heterocycles. The number of aromatic nitrogens is 1. The van der Waals surface area contributed by atoms with Gasteiger partial charge in [-0.2, -0.15) is 0 Å². The smallest absolute Gasteiger partial charge is 0.258 e. The summed E-state index contributed by atoms with van der Waals surface area (Å²) in [5.41, 5.74) is 0.458. The van der Waals surface area contributed by atoms with Gasteiger partial charge in [0.05, 0.1) is 16.7 Å². The molecule has 8 heteroatoms. The van der Waals surface area contributed by atoms with Crippen molar-refractivity contribution in [1.82, 2.24) is 4.98 Å². The van der Waals surface area contributed by atoms with Crippen LogP contribution in [0.3, 0.4) is 0 Å². The zero-order valence-electron chi connectivity index (χ0n) is 11.0. The lowest BCUT2D eigenvalue weighted by Gasteiger charge is -2.09.